The van der Waals surface area contributed by atoms with Crippen LogP contribution >= 0.6 is 0 Å². The van der Waals surface area contributed by atoms with Crippen molar-refractivity contribution in [1.29, 1.82) is 0 Å². The van der Waals surface area contributed by atoms with Gasteiger partial charge in [-0.25, -0.2) is 0 Å². The number of fused-ring (bicyclic) bond motifs is 2. The summed E-state index contributed by atoms with van der Waals surface area (Å²) in [6.07, 6.45) is 8.41. The normalized spacial score (nSPS) is 15.3. The van der Waals surface area contributed by atoms with E-state index in [1.807, 2.05) is 48.6 Å². The quantitative estimate of drug-likeness (QED) is 0.611. The van der Waals surface area contributed by atoms with E-state index >= 15 is 0 Å². The third-order valence-corrected chi connectivity index (χ3v) is 3.87. The molecule has 0 fully saturated rings. The van der Waals surface area contributed by atoms with Crippen LogP contribution in [0.3, 0.4) is 0 Å². The molecule has 0 N–H and O–H groups in total. The van der Waals surface area contributed by atoms with E-state index in [0.717, 1.165) is 48.7 Å². The molecule has 118 valence electrons. The van der Waals surface area contributed by atoms with Gasteiger partial charge in [-0.2, -0.15) is 0 Å². The minimum atomic E-state index is 0.760. The molecule has 0 radical (unpaired) electrons. The smallest absolute Gasteiger partial charge is 0.127 e. The number of para-hydroxylation sites is 2. The SMILES string of the molecule is C1=Cc2ccccc2OCCCCCCOc2ccccc2C=1. The summed E-state index contributed by atoms with van der Waals surface area (Å²) >= 11 is 0. The topological polar surface area (TPSA) is 18.5 Å². The van der Waals surface area contributed by atoms with Crippen molar-refractivity contribution in [3.05, 3.63) is 65.4 Å². The Labute approximate surface area is 138 Å². The summed E-state index contributed by atoms with van der Waals surface area (Å²) in [5.41, 5.74) is 5.36. The molecule has 0 unspecified atom stereocenters. The van der Waals surface area contributed by atoms with Crippen LogP contribution < -0.4 is 9.47 Å². The molecule has 2 aromatic rings. The first kappa shape index (κ1) is 15.5. The number of hydrogen-bond donors (Lipinski definition) is 0. The maximum Gasteiger partial charge on any atom is 0.127 e. The molecular weight excluding hydrogens is 284 g/mol. The lowest BCUT2D eigenvalue weighted by atomic mass is 10.1. The van der Waals surface area contributed by atoms with Crippen molar-refractivity contribution in [3.63, 3.8) is 0 Å². The Balaban J connectivity index is 1.90. The average molecular weight is 306 g/mol. The summed E-state index contributed by atoms with van der Waals surface area (Å²) in [4.78, 5) is 0. The molecule has 0 aliphatic carbocycles. The predicted octanol–water partition coefficient (Wildman–Crippen LogP) is 5.34. The zero-order valence-electron chi connectivity index (χ0n) is 13.3. The van der Waals surface area contributed by atoms with E-state index in [1.54, 1.807) is 0 Å². The minimum Gasteiger partial charge on any atom is -0.493 e. The van der Waals surface area contributed by atoms with Crippen molar-refractivity contribution in [2.45, 2.75) is 25.7 Å². The van der Waals surface area contributed by atoms with Gasteiger partial charge in [0, 0.05) is 11.1 Å². The summed E-state index contributed by atoms with van der Waals surface area (Å²) in [6.45, 7) is 1.52. The van der Waals surface area contributed by atoms with Gasteiger partial charge in [0.05, 0.1) is 13.2 Å². The lowest BCUT2D eigenvalue weighted by molar-refractivity contribution is 0.287. The Hall–Kier alpha value is -2.44. The van der Waals surface area contributed by atoms with Crippen LogP contribution in [-0.2, 0) is 0 Å². The molecule has 23 heavy (non-hydrogen) atoms. The standard InChI is InChI=1S/C21H22O2/c1-2-8-17-23-21-15-6-4-11-19(21)13-9-12-18-10-3-5-14-20(18)22-16-7-1/h3-6,10-15H,1-2,7-8,16-17H2. The van der Waals surface area contributed by atoms with E-state index < -0.39 is 0 Å². The maximum atomic E-state index is 5.92. The van der Waals surface area contributed by atoms with Gasteiger partial charge in [-0.05, 0) is 50.0 Å². The van der Waals surface area contributed by atoms with Crippen LogP contribution in [0.4, 0.5) is 0 Å². The first-order chi connectivity index (χ1) is 11.4. The summed E-state index contributed by atoms with van der Waals surface area (Å²) in [7, 11) is 0. The highest BCUT2D eigenvalue weighted by atomic mass is 16.5. The van der Waals surface area contributed by atoms with Crippen LogP contribution in [0.1, 0.15) is 36.8 Å². The molecule has 1 heterocycles. The molecule has 0 saturated carbocycles. The van der Waals surface area contributed by atoms with E-state index in [9.17, 15) is 0 Å². The van der Waals surface area contributed by atoms with Gasteiger partial charge in [0.1, 0.15) is 11.5 Å². The molecule has 0 saturated heterocycles. The van der Waals surface area contributed by atoms with E-state index in [4.69, 9.17) is 9.47 Å². The molecule has 0 amide bonds. The van der Waals surface area contributed by atoms with Crippen molar-refractivity contribution < 1.29 is 9.47 Å². The van der Waals surface area contributed by atoms with Crippen molar-refractivity contribution in [1.82, 2.24) is 0 Å². The minimum absolute atomic E-state index is 0.760. The van der Waals surface area contributed by atoms with E-state index in [-0.39, 0.29) is 0 Å². The van der Waals surface area contributed by atoms with Gasteiger partial charge in [0.15, 0.2) is 0 Å². The second-order valence-electron chi connectivity index (χ2n) is 5.64. The van der Waals surface area contributed by atoms with Crippen molar-refractivity contribution in [3.8, 4) is 11.5 Å². The second-order valence-corrected chi connectivity index (χ2v) is 5.64. The summed E-state index contributed by atoms with van der Waals surface area (Å²) in [5.74, 6) is 1.85. The highest BCUT2D eigenvalue weighted by Gasteiger charge is 2.02. The Morgan fingerprint density at radius 3 is 1.61 bits per heavy atom. The molecule has 1 aliphatic rings. The largest absolute Gasteiger partial charge is 0.493 e. The zero-order chi connectivity index (χ0) is 15.7. The first-order valence-electron chi connectivity index (χ1n) is 8.29. The molecular formula is C21H22O2. The molecule has 0 bridgehead atoms. The van der Waals surface area contributed by atoms with Gasteiger partial charge in [0.25, 0.3) is 0 Å². The van der Waals surface area contributed by atoms with Gasteiger partial charge in [-0.15, -0.1) is 5.73 Å². The monoisotopic (exact) mass is 306 g/mol. The molecule has 3 rings (SSSR count). The van der Waals surface area contributed by atoms with Gasteiger partial charge in [-0.3, -0.25) is 0 Å². The lowest BCUT2D eigenvalue weighted by Gasteiger charge is -2.09. The fraction of sp³-hybridized carbons (Fsp3) is 0.286. The van der Waals surface area contributed by atoms with Gasteiger partial charge in [0.2, 0.25) is 0 Å². The third kappa shape index (κ3) is 4.51. The summed E-state index contributed by atoms with van der Waals surface area (Å²) < 4.78 is 11.8. The predicted molar refractivity (Wildman–Crippen MR) is 94.8 cm³/mol. The number of hydrogen-bond acceptors (Lipinski definition) is 2. The van der Waals surface area contributed by atoms with Crippen LogP contribution in [0.5, 0.6) is 11.5 Å². The Bertz CT molecular complexity index is 639. The van der Waals surface area contributed by atoms with Crippen molar-refractivity contribution in [2.75, 3.05) is 13.2 Å². The van der Waals surface area contributed by atoms with Crippen LogP contribution in [0.2, 0.25) is 0 Å². The Kier molecular flexibility index (Phi) is 5.55. The maximum absolute atomic E-state index is 5.92. The summed E-state index contributed by atoms with van der Waals surface area (Å²) in [5, 5.41) is 0. The van der Waals surface area contributed by atoms with Crippen molar-refractivity contribution >= 4 is 12.2 Å². The fourth-order valence-corrected chi connectivity index (χ4v) is 2.61. The fourth-order valence-electron chi connectivity index (χ4n) is 2.61. The average Bonchev–Trinajstić information content (AvgIpc) is 2.59. The molecule has 2 nitrogen and oxygen atoms in total. The highest BCUT2D eigenvalue weighted by molar-refractivity contribution is 5.64. The van der Waals surface area contributed by atoms with E-state index in [1.165, 1.54) is 12.8 Å². The van der Waals surface area contributed by atoms with E-state index in [2.05, 4.69) is 17.9 Å². The third-order valence-electron chi connectivity index (χ3n) is 3.87. The summed E-state index contributed by atoms with van der Waals surface area (Å²) in [6, 6.07) is 16.2. The first-order valence-corrected chi connectivity index (χ1v) is 8.29. The molecule has 2 aromatic carbocycles. The van der Waals surface area contributed by atoms with Gasteiger partial charge >= 0.3 is 0 Å². The molecule has 0 aromatic heterocycles. The van der Waals surface area contributed by atoms with E-state index in [0.29, 0.717) is 0 Å². The Morgan fingerprint density at radius 1 is 0.609 bits per heavy atom. The molecule has 2 heteroatoms. The highest BCUT2D eigenvalue weighted by Crippen LogP contribution is 2.22. The second kappa shape index (κ2) is 8.26. The Morgan fingerprint density at radius 2 is 1.09 bits per heavy atom. The van der Waals surface area contributed by atoms with Crippen LogP contribution in [-0.4, -0.2) is 13.2 Å². The van der Waals surface area contributed by atoms with Crippen LogP contribution in [0.15, 0.2) is 54.3 Å². The molecule has 1 aliphatic heterocycles. The van der Waals surface area contributed by atoms with Crippen LogP contribution in [0, 0.1) is 0 Å². The molecule has 0 spiro atoms. The zero-order valence-corrected chi connectivity index (χ0v) is 13.3. The van der Waals surface area contributed by atoms with Gasteiger partial charge in [-0.1, -0.05) is 36.4 Å². The molecule has 0 atom stereocenters. The number of ether oxygens (including phenoxy) is 2. The lowest BCUT2D eigenvalue weighted by Crippen LogP contribution is -2.01. The van der Waals surface area contributed by atoms with Gasteiger partial charge < -0.3 is 9.47 Å². The van der Waals surface area contributed by atoms with Crippen molar-refractivity contribution in [2.24, 2.45) is 0 Å². The van der Waals surface area contributed by atoms with Crippen LogP contribution in [0.25, 0.3) is 12.2 Å². The number of rotatable bonds is 0. The number of benzene rings is 2.